The highest BCUT2D eigenvalue weighted by molar-refractivity contribution is 5.81. The summed E-state index contributed by atoms with van der Waals surface area (Å²) >= 11 is 0. The molecule has 1 saturated heterocycles. The lowest BCUT2D eigenvalue weighted by molar-refractivity contribution is -0.128. The third kappa shape index (κ3) is 4.60. The molecule has 1 aromatic heterocycles. The molecule has 0 radical (unpaired) electrons. The number of rotatable bonds is 5. The summed E-state index contributed by atoms with van der Waals surface area (Å²) in [5, 5.41) is 7.56. The van der Waals surface area contributed by atoms with Gasteiger partial charge in [-0.1, -0.05) is 26.7 Å². The molecule has 1 amide bonds. The summed E-state index contributed by atoms with van der Waals surface area (Å²) in [6.45, 7) is 9.52. The van der Waals surface area contributed by atoms with Gasteiger partial charge in [-0.3, -0.25) is 14.4 Å². The Hall–Kier alpha value is -1.43. The van der Waals surface area contributed by atoms with Crippen molar-refractivity contribution >= 4 is 5.91 Å². The number of piperidine rings is 1. The summed E-state index contributed by atoms with van der Waals surface area (Å²) in [5.41, 5.74) is 0. The van der Waals surface area contributed by atoms with Crippen molar-refractivity contribution < 1.29 is 4.79 Å². The fourth-order valence-electron chi connectivity index (χ4n) is 4.44. The van der Waals surface area contributed by atoms with Crippen molar-refractivity contribution in [1.29, 1.82) is 0 Å². The van der Waals surface area contributed by atoms with Crippen LogP contribution in [0, 0.1) is 17.8 Å². The standard InChI is InChI=1S/C19H33N5O/c1-14-6-4-8-18(15(14)2)22-19(25)16(3)23-9-5-7-17(10-23)11-24-13-20-12-21-24/h12-18H,4-11H2,1-3H3,(H,22,25)/t14-,15-,16+,17-,18+/m1/s1. The smallest absolute Gasteiger partial charge is 0.237 e. The SMILES string of the molecule is C[C@@H]1[C@H](C)CCC[C@@H]1NC(=O)[C@H](C)N1CCC[C@@H](Cn2cncn2)C1. The molecule has 0 unspecified atom stereocenters. The van der Waals surface area contributed by atoms with Gasteiger partial charge in [0.25, 0.3) is 0 Å². The van der Waals surface area contributed by atoms with E-state index in [-0.39, 0.29) is 11.9 Å². The van der Waals surface area contributed by atoms with Crippen molar-refractivity contribution in [3.8, 4) is 0 Å². The minimum atomic E-state index is -0.0528. The second-order valence-corrected chi connectivity index (χ2v) is 8.18. The second kappa shape index (κ2) is 8.30. The first-order valence-electron chi connectivity index (χ1n) is 9.91. The molecule has 140 valence electrons. The van der Waals surface area contributed by atoms with Crippen molar-refractivity contribution in [2.45, 2.75) is 71.5 Å². The highest BCUT2D eigenvalue weighted by Crippen LogP contribution is 2.29. The van der Waals surface area contributed by atoms with Crippen LogP contribution in [0.3, 0.4) is 0 Å². The van der Waals surface area contributed by atoms with Crippen LogP contribution >= 0.6 is 0 Å². The van der Waals surface area contributed by atoms with Crippen molar-refractivity contribution in [2.24, 2.45) is 17.8 Å². The fourth-order valence-corrected chi connectivity index (χ4v) is 4.44. The molecule has 1 saturated carbocycles. The van der Waals surface area contributed by atoms with Crippen LogP contribution in [0.2, 0.25) is 0 Å². The van der Waals surface area contributed by atoms with Gasteiger partial charge in [-0.05, 0) is 50.5 Å². The highest BCUT2D eigenvalue weighted by atomic mass is 16.2. The number of hydrogen-bond acceptors (Lipinski definition) is 4. The molecular weight excluding hydrogens is 314 g/mol. The molecule has 2 heterocycles. The molecule has 0 bridgehead atoms. The minimum Gasteiger partial charge on any atom is -0.352 e. The van der Waals surface area contributed by atoms with Crippen LogP contribution in [0.4, 0.5) is 0 Å². The number of likely N-dealkylation sites (tertiary alicyclic amines) is 1. The summed E-state index contributed by atoms with van der Waals surface area (Å²) in [5.74, 6) is 2.02. The summed E-state index contributed by atoms with van der Waals surface area (Å²) in [6, 6.07) is 0.289. The molecular formula is C19H33N5O. The normalized spacial score (nSPS) is 32.3. The zero-order valence-electron chi connectivity index (χ0n) is 15.9. The molecule has 0 spiro atoms. The molecule has 5 atom stereocenters. The second-order valence-electron chi connectivity index (χ2n) is 8.18. The maximum atomic E-state index is 12.8. The Morgan fingerprint density at radius 1 is 1.28 bits per heavy atom. The van der Waals surface area contributed by atoms with E-state index in [0.717, 1.165) is 32.5 Å². The minimum absolute atomic E-state index is 0.0528. The van der Waals surface area contributed by atoms with Crippen molar-refractivity contribution in [3.63, 3.8) is 0 Å². The summed E-state index contributed by atoms with van der Waals surface area (Å²) in [7, 11) is 0. The van der Waals surface area contributed by atoms with E-state index in [1.807, 2.05) is 4.68 Å². The third-order valence-electron chi connectivity index (χ3n) is 6.42. The maximum Gasteiger partial charge on any atom is 0.237 e. The molecule has 6 heteroatoms. The lowest BCUT2D eigenvalue weighted by atomic mass is 9.78. The van der Waals surface area contributed by atoms with Crippen molar-refractivity contribution in [2.75, 3.05) is 13.1 Å². The van der Waals surface area contributed by atoms with Crippen LogP contribution in [0.1, 0.15) is 52.9 Å². The Morgan fingerprint density at radius 2 is 2.12 bits per heavy atom. The number of nitrogens with one attached hydrogen (secondary N) is 1. The van der Waals surface area contributed by atoms with E-state index in [1.54, 1.807) is 12.7 Å². The number of hydrogen-bond donors (Lipinski definition) is 1. The molecule has 2 fully saturated rings. The largest absolute Gasteiger partial charge is 0.352 e. The van der Waals surface area contributed by atoms with Crippen LogP contribution < -0.4 is 5.32 Å². The van der Waals surface area contributed by atoms with Gasteiger partial charge in [0.05, 0.1) is 6.04 Å². The first kappa shape index (κ1) is 18.4. The van der Waals surface area contributed by atoms with E-state index >= 15 is 0 Å². The van der Waals surface area contributed by atoms with Gasteiger partial charge in [-0.2, -0.15) is 5.10 Å². The summed E-state index contributed by atoms with van der Waals surface area (Å²) < 4.78 is 1.91. The lowest BCUT2D eigenvalue weighted by Gasteiger charge is -2.39. The third-order valence-corrected chi connectivity index (χ3v) is 6.42. The number of nitrogens with zero attached hydrogens (tertiary/aromatic N) is 4. The summed E-state index contributed by atoms with van der Waals surface area (Å²) in [4.78, 5) is 19.2. The van der Waals surface area contributed by atoms with E-state index in [1.165, 1.54) is 19.3 Å². The first-order valence-corrected chi connectivity index (χ1v) is 9.91. The molecule has 0 aromatic carbocycles. The van der Waals surface area contributed by atoms with Gasteiger partial charge >= 0.3 is 0 Å². The Balaban J connectivity index is 1.52. The van der Waals surface area contributed by atoms with E-state index < -0.39 is 0 Å². The van der Waals surface area contributed by atoms with Gasteiger partial charge in [0.15, 0.2) is 0 Å². The average Bonchev–Trinajstić information content (AvgIpc) is 3.11. The van der Waals surface area contributed by atoms with E-state index in [9.17, 15) is 4.79 Å². The Bertz CT molecular complexity index is 546. The molecule has 3 rings (SSSR count). The van der Waals surface area contributed by atoms with Gasteiger partial charge in [-0.25, -0.2) is 4.98 Å². The lowest BCUT2D eigenvalue weighted by Crippen LogP contribution is -2.53. The summed E-state index contributed by atoms with van der Waals surface area (Å²) in [6.07, 6.45) is 9.35. The predicted octanol–water partition coefficient (Wildman–Crippen LogP) is 2.32. The molecule has 1 aromatic rings. The molecule has 1 aliphatic carbocycles. The van der Waals surface area contributed by atoms with Gasteiger partial charge in [-0.15, -0.1) is 0 Å². The Morgan fingerprint density at radius 3 is 2.88 bits per heavy atom. The predicted molar refractivity (Wildman–Crippen MR) is 97.9 cm³/mol. The number of amides is 1. The van der Waals surface area contributed by atoms with E-state index in [0.29, 0.717) is 23.8 Å². The van der Waals surface area contributed by atoms with E-state index in [4.69, 9.17) is 0 Å². The van der Waals surface area contributed by atoms with Crippen molar-refractivity contribution in [3.05, 3.63) is 12.7 Å². The zero-order valence-corrected chi connectivity index (χ0v) is 15.9. The van der Waals surface area contributed by atoms with Gasteiger partial charge < -0.3 is 5.32 Å². The molecule has 1 N–H and O–H groups in total. The molecule has 6 nitrogen and oxygen atoms in total. The molecule has 2 aliphatic rings. The van der Waals surface area contributed by atoms with Crippen LogP contribution in [0.5, 0.6) is 0 Å². The fraction of sp³-hybridized carbons (Fsp3) is 0.842. The number of carbonyl (C=O) groups excluding carboxylic acids is 1. The number of carbonyl (C=O) groups is 1. The zero-order chi connectivity index (χ0) is 17.8. The Kier molecular flexibility index (Phi) is 6.10. The number of aromatic nitrogens is 3. The van der Waals surface area contributed by atoms with Crippen LogP contribution in [0.15, 0.2) is 12.7 Å². The average molecular weight is 348 g/mol. The molecule has 25 heavy (non-hydrogen) atoms. The van der Waals surface area contributed by atoms with Gasteiger partial charge in [0, 0.05) is 19.1 Å². The van der Waals surface area contributed by atoms with Gasteiger partial charge in [0.2, 0.25) is 5.91 Å². The maximum absolute atomic E-state index is 12.8. The van der Waals surface area contributed by atoms with Crippen LogP contribution in [-0.2, 0) is 11.3 Å². The van der Waals surface area contributed by atoms with Crippen LogP contribution in [-0.4, -0.2) is 50.7 Å². The monoisotopic (exact) mass is 347 g/mol. The quantitative estimate of drug-likeness (QED) is 0.888. The highest BCUT2D eigenvalue weighted by Gasteiger charge is 2.32. The van der Waals surface area contributed by atoms with Crippen LogP contribution in [0.25, 0.3) is 0 Å². The topological polar surface area (TPSA) is 63.1 Å². The van der Waals surface area contributed by atoms with E-state index in [2.05, 4.69) is 41.1 Å². The van der Waals surface area contributed by atoms with Crippen molar-refractivity contribution in [1.82, 2.24) is 25.0 Å². The Labute approximate surface area is 151 Å². The van der Waals surface area contributed by atoms with Gasteiger partial charge in [0.1, 0.15) is 12.7 Å². The first-order chi connectivity index (χ1) is 12.0. The molecule has 1 aliphatic heterocycles.